The van der Waals surface area contributed by atoms with Crippen molar-refractivity contribution >= 4 is 22.6 Å². The fraction of sp³-hybridized carbons (Fsp3) is 0.158. The lowest BCUT2D eigenvalue weighted by molar-refractivity contribution is -0.122. The predicted molar refractivity (Wildman–Crippen MR) is 97.5 cm³/mol. The zero-order chi connectivity index (χ0) is 19.6. The van der Waals surface area contributed by atoms with Crippen molar-refractivity contribution in [1.29, 1.82) is 0 Å². The number of nitrogens with zero attached hydrogens (tertiary/aromatic N) is 2. The summed E-state index contributed by atoms with van der Waals surface area (Å²) in [6.07, 6.45) is 0. The van der Waals surface area contributed by atoms with Crippen molar-refractivity contribution in [3.05, 3.63) is 76.0 Å². The molecule has 27 heavy (non-hydrogen) atoms. The van der Waals surface area contributed by atoms with Gasteiger partial charge in [-0.1, -0.05) is 30.3 Å². The van der Waals surface area contributed by atoms with Crippen molar-refractivity contribution in [2.75, 3.05) is 0 Å². The van der Waals surface area contributed by atoms with Crippen molar-refractivity contribution < 1.29 is 14.0 Å². The summed E-state index contributed by atoms with van der Waals surface area (Å²) < 4.78 is 13.9. The third kappa shape index (κ3) is 3.84. The first-order chi connectivity index (χ1) is 12.9. The standard InChI is InChI=1S/C19H17FN4O3/c1-11(12-6-8-13(20)9-7-12)22-16(25)10-24-19(27)15-5-3-2-4-14(15)17(23-24)18(21)26/h2-9,11H,10H2,1H3,(H2,21,26)(H,22,25). The zero-order valence-corrected chi connectivity index (χ0v) is 14.5. The second-order valence-corrected chi connectivity index (χ2v) is 6.06. The monoisotopic (exact) mass is 368 g/mol. The van der Waals surface area contributed by atoms with E-state index in [-0.39, 0.29) is 23.4 Å². The van der Waals surface area contributed by atoms with Gasteiger partial charge in [0, 0.05) is 5.39 Å². The van der Waals surface area contributed by atoms with E-state index >= 15 is 0 Å². The van der Waals surface area contributed by atoms with Crippen LogP contribution in [0.3, 0.4) is 0 Å². The topological polar surface area (TPSA) is 107 Å². The van der Waals surface area contributed by atoms with Crippen LogP contribution < -0.4 is 16.6 Å². The Kier molecular flexibility index (Phi) is 4.98. The number of fused-ring (bicyclic) bond motifs is 1. The summed E-state index contributed by atoms with van der Waals surface area (Å²) in [7, 11) is 0. The molecule has 8 heteroatoms. The van der Waals surface area contributed by atoms with Crippen molar-refractivity contribution in [2.45, 2.75) is 19.5 Å². The van der Waals surface area contributed by atoms with Crippen LogP contribution in [0.15, 0.2) is 53.3 Å². The van der Waals surface area contributed by atoms with Gasteiger partial charge in [-0.2, -0.15) is 5.10 Å². The first-order valence-corrected chi connectivity index (χ1v) is 8.21. The SMILES string of the molecule is CC(NC(=O)Cn1nc(C(N)=O)c2ccccc2c1=O)c1ccc(F)cc1. The highest BCUT2D eigenvalue weighted by Gasteiger charge is 2.17. The van der Waals surface area contributed by atoms with Crippen LogP contribution in [0.25, 0.3) is 10.8 Å². The van der Waals surface area contributed by atoms with E-state index < -0.39 is 23.4 Å². The molecule has 0 spiro atoms. The average molecular weight is 368 g/mol. The molecule has 2 aromatic carbocycles. The highest BCUT2D eigenvalue weighted by Crippen LogP contribution is 2.14. The van der Waals surface area contributed by atoms with Gasteiger partial charge in [0.1, 0.15) is 12.4 Å². The van der Waals surface area contributed by atoms with Gasteiger partial charge in [-0.3, -0.25) is 14.4 Å². The quantitative estimate of drug-likeness (QED) is 0.712. The van der Waals surface area contributed by atoms with Gasteiger partial charge in [-0.15, -0.1) is 0 Å². The molecule has 3 rings (SSSR count). The average Bonchev–Trinajstić information content (AvgIpc) is 2.64. The van der Waals surface area contributed by atoms with E-state index in [4.69, 9.17) is 5.73 Å². The molecule has 0 aliphatic rings. The Morgan fingerprint density at radius 1 is 1.15 bits per heavy atom. The molecule has 2 amide bonds. The summed E-state index contributed by atoms with van der Waals surface area (Å²) in [5, 5.41) is 7.25. The van der Waals surface area contributed by atoms with E-state index in [2.05, 4.69) is 10.4 Å². The van der Waals surface area contributed by atoms with Gasteiger partial charge in [0.2, 0.25) is 5.91 Å². The minimum atomic E-state index is -0.792. The summed E-state index contributed by atoms with van der Waals surface area (Å²) in [6.45, 7) is 1.35. The van der Waals surface area contributed by atoms with Crippen LogP contribution in [0.5, 0.6) is 0 Å². The normalized spacial score (nSPS) is 11.9. The van der Waals surface area contributed by atoms with Crippen LogP contribution >= 0.6 is 0 Å². The van der Waals surface area contributed by atoms with Gasteiger partial charge in [0.25, 0.3) is 11.5 Å². The molecular weight excluding hydrogens is 351 g/mol. The molecule has 0 aliphatic heterocycles. The number of benzene rings is 2. The number of nitrogens with one attached hydrogen (secondary N) is 1. The fourth-order valence-corrected chi connectivity index (χ4v) is 2.78. The van der Waals surface area contributed by atoms with Crippen molar-refractivity contribution in [3.8, 4) is 0 Å². The maximum absolute atomic E-state index is 13.0. The highest BCUT2D eigenvalue weighted by atomic mass is 19.1. The number of hydrogen-bond acceptors (Lipinski definition) is 4. The van der Waals surface area contributed by atoms with Crippen LogP contribution in [0, 0.1) is 5.82 Å². The molecule has 1 aromatic heterocycles. The Morgan fingerprint density at radius 2 is 1.78 bits per heavy atom. The molecule has 3 aromatic rings. The van der Waals surface area contributed by atoms with Crippen LogP contribution in [-0.2, 0) is 11.3 Å². The van der Waals surface area contributed by atoms with E-state index in [1.54, 1.807) is 43.3 Å². The lowest BCUT2D eigenvalue weighted by Gasteiger charge is -2.15. The number of halogens is 1. The lowest BCUT2D eigenvalue weighted by atomic mass is 10.1. The second kappa shape index (κ2) is 7.36. The van der Waals surface area contributed by atoms with Crippen molar-refractivity contribution in [2.24, 2.45) is 5.73 Å². The Hall–Kier alpha value is -3.55. The minimum absolute atomic E-state index is 0.0791. The number of primary amides is 1. The summed E-state index contributed by atoms with van der Waals surface area (Å²) in [5.41, 5.74) is 5.48. The van der Waals surface area contributed by atoms with Gasteiger partial charge >= 0.3 is 0 Å². The number of carbonyl (C=O) groups is 2. The van der Waals surface area contributed by atoms with Crippen LogP contribution in [0.4, 0.5) is 4.39 Å². The Bertz CT molecular complexity index is 1080. The lowest BCUT2D eigenvalue weighted by Crippen LogP contribution is -2.36. The van der Waals surface area contributed by atoms with Crippen LogP contribution in [0.2, 0.25) is 0 Å². The predicted octanol–water partition coefficient (Wildman–Crippen LogP) is 1.51. The molecular formula is C19H17FN4O3. The number of aromatic nitrogens is 2. The number of rotatable bonds is 5. The molecule has 3 N–H and O–H groups in total. The van der Waals surface area contributed by atoms with Crippen molar-refractivity contribution in [1.82, 2.24) is 15.1 Å². The van der Waals surface area contributed by atoms with Gasteiger partial charge < -0.3 is 11.1 Å². The van der Waals surface area contributed by atoms with E-state index in [9.17, 15) is 18.8 Å². The van der Waals surface area contributed by atoms with E-state index in [0.717, 1.165) is 4.68 Å². The molecule has 1 unspecified atom stereocenters. The number of amides is 2. The molecule has 1 atom stereocenters. The molecule has 0 radical (unpaired) electrons. The minimum Gasteiger partial charge on any atom is -0.364 e. The Labute approximate surface area is 153 Å². The maximum atomic E-state index is 13.0. The number of carbonyl (C=O) groups excluding carboxylic acids is 2. The highest BCUT2D eigenvalue weighted by molar-refractivity contribution is 6.04. The number of nitrogens with two attached hydrogens (primary N) is 1. The second-order valence-electron chi connectivity index (χ2n) is 6.06. The summed E-state index contributed by atoms with van der Waals surface area (Å²) in [5.74, 6) is -1.64. The smallest absolute Gasteiger partial charge is 0.275 e. The third-order valence-corrected chi connectivity index (χ3v) is 4.14. The van der Waals surface area contributed by atoms with Gasteiger partial charge in [-0.25, -0.2) is 9.07 Å². The third-order valence-electron chi connectivity index (χ3n) is 4.14. The van der Waals surface area contributed by atoms with Gasteiger partial charge in [0.05, 0.1) is 11.4 Å². The molecule has 7 nitrogen and oxygen atoms in total. The maximum Gasteiger partial charge on any atom is 0.275 e. The van der Waals surface area contributed by atoms with E-state index in [1.807, 2.05) is 0 Å². The Balaban J connectivity index is 1.86. The Morgan fingerprint density at radius 3 is 2.41 bits per heavy atom. The van der Waals surface area contributed by atoms with Crippen LogP contribution in [0.1, 0.15) is 29.0 Å². The zero-order valence-electron chi connectivity index (χ0n) is 14.5. The molecule has 0 fully saturated rings. The molecule has 0 saturated heterocycles. The first-order valence-electron chi connectivity index (χ1n) is 8.21. The van der Waals surface area contributed by atoms with E-state index in [1.165, 1.54) is 12.1 Å². The molecule has 0 aliphatic carbocycles. The number of hydrogen-bond donors (Lipinski definition) is 2. The summed E-state index contributed by atoms with van der Waals surface area (Å²) >= 11 is 0. The largest absolute Gasteiger partial charge is 0.364 e. The summed E-state index contributed by atoms with van der Waals surface area (Å²) in [4.78, 5) is 36.6. The van der Waals surface area contributed by atoms with Crippen LogP contribution in [-0.4, -0.2) is 21.6 Å². The molecule has 0 saturated carbocycles. The molecule has 1 heterocycles. The van der Waals surface area contributed by atoms with E-state index in [0.29, 0.717) is 10.9 Å². The summed E-state index contributed by atoms with van der Waals surface area (Å²) in [6, 6.07) is 11.8. The van der Waals surface area contributed by atoms with Crippen molar-refractivity contribution in [3.63, 3.8) is 0 Å². The molecule has 138 valence electrons. The van der Waals surface area contributed by atoms with Gasteiger partial charge in [0.15, 0.2) is 5.69 Å². The molecule has 0 bridgehead atoms. The fourth-order valence-electron chi connectivity index (χ4n) is 2.78. The van der Waals surface area contributed by atoms with Gasteiger partial charge in [-0.05, 0) is 30.7 Å². The first kappa shape index (κ1) is 18.2.